The number of methoxy groups -OCH3 is 1. The molecule has 0 saturated carbocycles. The largest absolute Gasteiger partial charge is 0.496 e. The molecule has 1 atom stereocenters. The van der Waals surface area contributed by atoms with E-state index in [1.54, 1.807) is 19.4 Å². The van der Waals surface area contributed by atoms with Crippen LogP contribution in [0.2, 0.25) is 0 Å². The summed E-state index contributed by atoms with van der Waals surface area (Å²) >= 11 is 3.58. The number of halogens is 2. The van der Waals surface area contributed by atoms with Crippen molar-refractivity contribution >= 4 is 15.9 Å². The van der Waals surface area contributed by atoms with Crippen molar-refractivity contribution in [1.82, 2.24) is 0 Å². The molecule has 2 rings (SSSR count). The lowest BCUT2D eigenvalue weighted by Crippen LogP contribution is -1.99. The van der Waals surface area contributed by atoms with Crippen molar-refractivity contribution in [3.05, 3.63) is 53.2 Å². The average molecular weight is 313 g/mol. The van der Waals surface area contributed by atoms with Crippen LogP contribution in [0.15, 0.2) is 34.9 Å². The van der Waals surface area contributed by atoms with Crippen LogP contribution in [-0.4, -0.2) is 7.11 Å². The quantitative estimate of drug-likeness (QED) is 0.777. The van der Waals surface area contributed by atoms with Crippen LogP contribution < -0.4 is 4.74 Å². The first-order valence-corrected chi connectivity index (χ1v) is 6.62. The van der Waals surface area contributed by atoms with Gasteiger partial charge in [-0.2, -0.15) is 0 Å². The van der Waals surface area contributed by atoms with Crippen LogP contribution in [0.3, 0.4) is 0 Å². The van der Waals surface area contributed by atoms with Gasteiger partial charge in [0, 0.05) is 17.5 Å². The van der Waals surface area contributed by atoms with E-state index < -0.39 is 0 Å². The van der Waals surface area contributed by atoms with Gasteiger partial charge in [0.2, 0.25) is 0 Å². The third kappa shape index (κ3) is 2.43. The van der Waals surface area contributed by atoms with Gasteiger partial charge in [-0.3, -0.25) is 0 Å². The number of alkyl halides is 1. The highest BCUT2D eigenvalue weighted by molar-refractivity contribution is 9.09. The van der Waals surface area contributed by atoms with Crippen molar-refractivity contribution < 1.29 is 13.5 Å². The lowest BCUT2D eigenvalue weighted by molar-refractivity contribution is 0.409. The van der Waals surface area contributed by atoms with Crippen molar-refractivity contribution in [3.63, 3.8) is 0 Å². The van der Waals surface area contributed by atoms with Gasteiger partial charge >= 0.3 is 0 Å². The molecule has 96 valence electrons. The van der Waals surface area contributed by atoms with Crippen LogP contribution >= 0.6 is 15.9 Å². The summed E-state index contributed by atoms with van der Waals surface area (Å²) in [4.78, 5) is -0.142. The van der Waals surface area contributed by atoms with Crippen molar-refractivity contribution in [2.75, 3.05) is 7.11 Å². The average Bonchev–Trinajstić information content (AvgIpc) is 2.86. The predicted octanol–water partition coefficient (Wildman–Crippen LogP) is 4.47. The van der Waals surface area contributed by atoms with Gasteiger partial charge in [-0.25, -0.2) is 4.39 Å². The minimum atomic E-state index is -0.281. The number of rotatable bonds is 4. The van der Waals surface area contributed by atoms with Gasteiger partial charge in [-0.05, 0) is 24.3 Å². The molecule has 0 aliphatic rings. The minimum absolute atomic E-state index is 0.142. The monoisotopic (exact) mass is 312 g/mol. The standard InChI is InChI=1S/C14H14BrFO2/c1-3-12-10(6-7-18-12)14(15)11-8-9(16)4-5-13(11)17-2/h4-8,14H,3H2,1-2H3. The molecule has 0 aliphatic heterocycles. The van der Waals surface area contributed by atoms with E-state index in [1.165, 1.54) is 12.1 Å². The molecule has 0 saturated heterocycles. The van der Waals surface area contributed by atoms with Crippen LogP contribution in [0.25, 0.3) is 0 Å². The van der Waals surface area contributed by atoms with E-state index >= 15 is 0 Å². The van der Waals surface area contributed by atoms with Gasteiger partial charge in [0.15, 0.2) is 0 Å². The minimum Gasteiger partial charge on any atom is -0.496 e. The normalized spacial score (nSPS) is 12.4. The Morgan fingerprint density at radius 2 is 2.11 bits per heavy atom. The maximum absolute atomic E-state index is 13.4. The number of ether oxygens (including phenoxy) is 1. The van der Waals surface area contributed by atoms with E-state index in [1.807, 2.05) is 13.0 Å². The number of furan rings is 1. The van der Waals surface area contributed by atoms with Gasteiger partial charge in [-0.1, -0.05) is 22.9 Å². The fraction of sp³-hybridized carbons (Fsp3) is 0.286. The molecule has 0 amide bonds. The molecule has 1 aromatic carbocycles. The summed E-state index contributed by atoms with van der Waals surface area (Å²) in [6.45, 7) is 2.02. The van der Waals surface area contributed by atoms with Crippen LogP contribution in [0.1, 0.15) is 28.6 Å². The summed E-state index contributed by atoms with van der Waals surface area (Å²) < 4.78 is 24.0. The van der Waals surface area contributed by atoms with E-state index in [0.29, 0.717) is 5.75 Å². The van der Waals surface area contributed by atoms with Crippen molar-refractivity contribution in [2.24, 2.45) is 0 Å². The highest BCUT2D eigenvalue weighted by Crippen LogP contribution is 2.38. The molecule has 0 N–H and O–H groups in total. The van der Waals surface area contributed by atoms with E-state index in [-0.39, 0.29) is 10.6 Å². The van der Waals surface area contributed by atoms with E-state index in [2.05, 4.69) is 15.9 Å². The molecule has 1 unspecified atom stereocenters. The Labute approximate surface area is 114 Å². The molecule has 1 aromatic heterocycles. The summed E-state index contributed by atoms with van der Waals surface area (Å²) in [7, 11) is 1.58. The van der Waals surface area contributed by atoms with Crippen molar-refractivity contribution in [2.45, 2.75) is 18.2 Å². The molecule has 0 aliphatic carbocycles. The van der Waals surface area contributed by atoms with E-state index in [4.69, 9.17) is 9.15 Å². The van der Waals surface area contributed by atoms with E-state index in [9.17, 15) is 4.39 Å². The molecule has 4 heteroatoms. The Bertz CT molecular complexity index is 536. The zero-order valence-corrected chi connectivity index (χ0v) is 11.8. The maximum atomic E-state index is 13.4. The Kier molecular flexibility index (Phi) is 4.07. The summed E-state index contributed by atoms with van der Waals surface area (Å²) in [5.41, 5.74) is 1.76. The zero-order valence-electron chi connectivity index (χ0n) is 10.2. The lowest BCUT2D eigenvalue weighted by Gasteiger charge is -2.14. The van der Waals surface area contributed by atoms with Gasteiger partial charge in [0.1, 0.15) is 17.3 Å². The Morgan fingerprint density at radius 1 is 1.33 bits per heavy atom. The molecule has 0 bridgehead atoms. The topological polar surface area (TPSA) is 22.4 Å². The van der Waals surface area contributed by atoms with Gasteiger partial charge in [0.25, 0.3) is 0 Å². The summed E-state index contributed by atoms with van der Waals surface area (Å²) in [5.74, 6) is 1.27. The molecule has 0 fully saturated rings. The first kappa shape index (κ1) is 13.1. The first-order valence-electron chi connectivity index (χ1n) is 5.71. The van der Waals surface area contributed by atoms with Gasteiger partial charge in [0.05, 0.1) is 18.2 Å². The number of aryl methyl sites for hydroxylation is 1. The molecular weight excluding hydrogens is 299 g/mol. The number of benzene rings is 1. The lowest BCUT2D eigenvalue weighted by atomic mass is 10.0. The maximum Gasteiger partial charge on any atom is 0.123 e. The summed E-state index contributed by atoms with van der Waals surface area (Å²) in [6.07, 6.45) is 2.44. The highest BCUT2D eigenvalue weighted by atomic mass is 79.9. The van der Waals surface area contributed by atoms with Crippen LogP contribution in [-0.2, 0) is 6.42 Å². The SMILES string of the molecule is CCc1occc1C(Br)c1cc(F)ccc1OC. The molecular formula is C14H14BrFO2. The highest BCUT2D eigenvalue weighted by Gasteiger charge is 2.20. The number of hydrogen-bond acceptors (Lipinski definition) is 2. The summed E-state index contributed by atoms with van der Waals surface area (Å²) in [6, 6.07) is 6.38. The van der Waals surface area contributed by atoms with Gasteiger partial charge < -0.3 is 9.15 Å². The molecule has 0 radical (unpaired) electrons. The smallest absolute Gasteiger partial charge is 0.123 e. The second-order valence-electron chi connectivity index (χ2n) is 3.90. The summed E-state index contributed by atoms with van der Waals surface area (Å²) in [5, 5.41) is 0. The van der Waals surface area contributed by atoms with Crippen molar-refractivity contribution in [1.29, 1.82) is 0 Å². The number of hydrogen-bond donors (Lipinski definition) is 0. The molecule has 2 aromatic rings. The van der Waals surface area contributed by atoms with Crippen LogP contribution in [0.5, 0.6) is 5.75 Å². The Morgan fingerprint density at radius 3 is 2.78 bits per heavy atom. The third-order valence-electron chi connectivity index (χ3n) is 2.84. The van der Waals surface area contributed by atoms with Crippen LogP contribution in [0.4, 0.5) is 4.39 Å². The Balaban J connectivity index is 2.45. The van der Waals surface area contributed by atoms with Crippen molar-refractivity contribution in [3.8, 4) is 5.75 Å². The van der Waals surface area contributed by atoms with E-state index in [0.717, 1.165) is 23.3 Å². The molecule has 18 heavy (non-hydrogen) atoms. The molecule has 1 heterocycles. The second kappa shape index (κ2) is 5.57. The Hall–Kier alpha value is -1.29. The second-order valence-corrected chi connectivity index (χ2v) is 4.82. The molecule has 0 spiro atoms. The fourth-order valence-electron chi connectivity index (χ4n) is 1.93. The molecule has 2 nitrogen and oxygen atoms in total. The third-order valence-corrected chi connectivity index (χ3v) is 3.83. The first-order chi connectivity index (χ1) is 8.67. The zero-order chi connectivity index (χ0) is 13.1. The fourth-order valence-corrected chi connectivity index (χ4v) is 2.70. The van der Waals surface area contributed by atoms with Gasteiger partial charge in [-0.15, -0.1) is 0 Å². The predicted molar refractivity (Wildman–Crippen MR) is 71.8 cm³/mol. The van der Waals surface area contributed by atoms with Crippen LogP contribution in [0, 0.1) is 5.82 Å².